The van der Waals surface area contributed by atoms with Crippen LogP contribution in [-0.2, 0) is 4.74 Å². The van der Waals surface area contributed by atoms with E-state index in [9.17, 15) is 4.79 Å². The topological polar surface area (TPSA) is 61.5 Å². The molecule has 0 fully saturated rings. The summed E-state index contributed by atoms with van der Waals surface area (Å²) in [6.07, 6.45) is 0. The fourth-order valence-corrected chi connectivity index (χ4v) is 1.93. The Morgan fingerprint density at radius 1 is 1.11 bits per heavy atom. The van der Waals surface area contributed by atoms with Gasteiger partial charge in [-0.15, -0.1) is 0 Å². The second kappa shape index (κ2) is 5.75. The molecule has 0 amide bonds. The Morgan fingerprint density at radius 3 is 2.47 bits per heavy atom. The van der Waals surface area contributed by atoms with Crippen LogP contribution >= 0.6 is 15.9 Å². The van der Waals surface area contributed by atoms with Crippen molar-refractivity contribution in [3.63, 3.8) is 0 Å². The predicted molar refractivity (Wildman–Crippen MR) is 76.4 cm³/mol. The first-order valence-electron chi connectivity index (χ1n) is 5.52. The van der Waals surface area contributed by atoms with Crippen molar-refractivity contribution >= 4 is 27.6 Å². The number of nitrogens with two attached hydrogens (primary N) is 1. The SMILES string of the molecule is COC(=O)c1cccc(Oc2ccccc2Br)c1N. The molecule has 2 aromatic rings. The van der Waals surface area contributed by atoms with Crippen molar-refractivity contribution in [2.75, 3.05) is 12.8 Å². The maximum Gasteiger partial charge on any atom is 0.340 e. The minimum atomic E-state index is -0.491. The summed E-state index contributed by atoms with van der Waals surface area (Å²) in [5, 5.41) is 0. The number of anilines is 1. The predicted octanol–water partition coefficient (Wildman–Crippen LogP) is 3.61. The maximum absolute atomic E-state index is 11.5. The average Bonchev–Trinajstić information content (AvgIpc) is 2.42. The molecule has 4 nitrogen and oxygen atoms in total. The molecule has 98 valence electrons. The van der Waals surface area contributed by atoms with Gasteiger partial charge in [0, 0.05) is 0 Å². The minimum Gasteiger partial charge on any atom is -0.465 e. The van der Waals surface area contributed by atoms with Crippen molar-refractivity contribution in [2.45, 2.75) is 0 Å². The quantitative estimate of drug-likeness (QED) is 0.693. The number of rotatable bonds is 3. The van der Waals surface area contributed by atoms with Crippen LogP contribution in [0.1, 0.15) is 10.4 Å². The number of para-hydroxylation sites is 2. The highest BCUT2D eigenvalue weighted by molar-refractivity contribution is 9.10. The second-order valence-corrected chi connectivity index (χ2v) is 4.60. The third-order valence-electron chi connectivity index (χ3n) is 2.53. The maximum atomic E-state index is 11.5. The van der Waals surface area contributed by atoms with E-state index in [4.69, 9.17) is 10.5 Å². The van der Waals surface area contributed by atoms with Gasteiger partial charge in [0.15, 0.2) is 5.75 Å². The zero-order valence-corrected chi connectivity index (χ0v) is 11.8. The lowest BCUT2D eigenvalue weighted by Gasteiger charge is -2.12. The molecule has 2 aromatic carbocycles. The van der Waals surface area contributed by atoms with E-state index in [1.165, 1.54) is 7.11 Å². The molecule has 0 aliphatic rings. The first kappa shape index (κ1) is 13.4. The summed E-state index contributed by atoms with van der Waals surface area (Å²) < 4.78 is 11.2. The molecule has 19 heavy (non-hydrogen) atoms. The fourth-order valence-electron chi connectivity index (χ4n) is 1.57. The van der Waals surface area contributed by atoms with Crippen LogP contribution in [0, 0.1) is 0 Å². The van der Waals surface area contributed by atoms with Crippen LogP contribution in [0.25, 0.3) is 0 Å². The molecule has 0 bridgehead atoms. The fraction of sp³-hybridized carbons (Fsp3) is 0.0714. The third kappa shape index (κ3) is 2.88. The highest BCUT2D eigenvalue weighted by Gasteiger charge is 2.14. The molecular weight excluding hydrogens is 310 g/mol. The number of halogens is 1. The van der Waals surface area contributed by atoms with Crippen LogP contribution in [0.2, 0.25) is 0 Å². The van der Waals surface area contributed by atoms with E-state index in [-0.39, 0.29) is 11.3 Å². The lowest BCUT2D eigenvalue weighted by molar-refractivity contribution is 0.0601. The number of methoxy groups -OCH3 is 1. The highest BCUT2D eigenvalue weighted by atomic mass is 79.9. The van der Waals surface area contributed by atoms with Crippen LogP contribution in [0.15, 0.2) is 46.9 Å². The summed E-state index contributed by atoms with van der Waals surface area (Å²) in [7, 11) is 1.31. The normalized spacial score (nSPS) is 10.0. The van der Waals surface area contributed by atoms with Crippen molar-refractivity contribution in [3.8, 4) is 11.5 Å². The van der Waals surface area contributed by atoms with Crippen LogP contribution in [-0.4, -0.2) is 13.1 Å². The number of ether oxygens (including phenoxy) is 2. The summed E-state index contributed by atoms with van der Waals surface area (Å²) in [5.74, 6) is 0.543. The highest BCUT2D eigenvalue weighted by Crippen LogP contribution is 2.34. The molecule has 0 spiro atoms. The summed E-state index contributed by atoms with van der Waals surface area (Å²) in [4.78, 5) is 11.5. The zero-order valence-electron chi connectivity index (χ0n) is 10.2. The van der Waals surface area contributed by atoms with Crippen LogP contribution in [0.4, 0.5) is 5.69 Å². The van der Waals surface area contributed by atoms with Gasteiger partial charge in [-0.05, 0) is 40.2 Å². The number of carbonyl (C=O) groups excluding carboxylic acids is 1. The standard InChI is InChI=1S/C14H12BrNO3/c1-18-14(17)9-5-4-8-12(13(9)16)19-11-7-3-2-6-10(11)15/h2-8H,16H2,1H3. The largest absolute Gasteiger partial charge is 0.465 e. The molecule has 0 saturated carbocycles. The van der Waals surface area contributed by atoms with Crippen molar-refractivity contribution in [3.05, 3.63) is 52.5 Å². The Kier molecular flexibility index (Phi) is 4.06. The Labute approximate surface area is 119 Å². The number of benzene rings is 2. The average molecular weight is 322 g/mol. The molecule has 5 heteroatoms. The molecule has 0 aliphatic heterocycles. The first-order chi connectivity index (χ1) is 9.13. The van der Waals surface area contributed by atoms with Gasteiger partial charge in [-0.2, -0.15) is 0 Å². The number of hydrogen-bond donors (Lipinski definition) is 1. The summed E-state index contributed by atoms with van der Waals surface area (Å²) in [6, 6.07) is 12.4. The Bertz CT molecular complexity index is 613. The lowest BCUT2D eigenvalue weighted by Crippen LogP contribution is -2.06. The third-order valence-corrected chi connectivity index (χ3v) is 3.18. The molecule has 0 atom stereocenters. The Morgan fingerprint density at radius 2 is 1.79 bits per heavy atom. The van der Waals surface area contributed by atoms with Gasteiger partial charge >= 0.3 is 5.97 Å². The zero-order chi connectivity index (χ0) is 13.8. The summed E-state index contributed by atoms with van der Waals surface area (Å²) >= 11 is 3.38. The number of nitrogen functional groups attached to an aromatic ring is 1. The molecular formula is C14H12BrNO3. The van der Waals surface area contributed by atoms with Crippen LogP contribution < -0.4 is 10.5 Å². The van der Waals surface area contributed by atoms with E-state index in [2.05, 4.69) is 20.7 Å². The molecule has 2 rings (SSSR count). The Hall–Kier alpha value is -2.01. The number of carbonyl (C=O) groups is 1. The molecule has 0 unspecified atom stereocenters. The van der Waals surface area contributed by atoms with Gasteiger partial charge in [0.05, 0.1) is 22.8 Å². The van der Waals surface area contributed by atoms with E-state index >= 15 is 0 Å². The molecule has 2 N–H and O–H groups in total. The second-order valence-electron chi connectivity index (χ2n) is 3.74. The van der Waals surface area contributed by atoms with Crippen LogP contribution in [0.5, 0.6) is 11.5 Å². The van der Waals surface area contributed by atoms with E-state index in [0.29, 0.717) is 11.5 Å². The minimum absolute atomic E-state index is 0.255. The van der Waals surface area contributed by atoms with E-state index in [1.54, 1.807) is 24.3 Å². The Balaban J connectivity index is 2.37. The van der Waals surface area contributed by atoms with Crippen LogP contribution in [0.3, 0.4) is 0 Å². The molecule has 0 saturated heterocycles. The smallest absolute Gasteiger partial charge is 0.340 e. The number of hydrogen-bond acceptors (Lipinski definition) is 4. The van der Waals surface area contributed by atoms with Crippen molar-refractivity contribution in [1.82, 2.24) is 0 Å². The molecule has 0 heterocycles. The molecule has 0 radical (unpaired) electrons. The first-order valence-corrected chi connectivity index (χ1v) is 6.32. The van der Waals surface area contributed by atoms with Gasteiger partial charge in [-0.3, -0.25) is 0 Å². The van der Waals surface area contributed by atoms with Crippen molar-refractivity contribution < 1.29 is 14.3 Å². The van der Waals surface area contributed by atoms with E-state index in [0.717, 1.165) is 4.47 Å². The van der Waals surface area contributed by atoms with Gasteiger partial charge in [-0.25, -0.2) is 4.79 Å². The molecule has 0 aliphatic carbocycles. The number of esters is 1. The summed E-state index contributed by atoms with van der Waals surface area (Å²) in [6.45, 7) is 0. The van der Waals surface area contributed by atoms with Gasteiger partial charge in [0.1, 0.15) is 5.75 Å². The van der Waals surface area contributed by atoms with E-state index < -0.39 is 5.97 Å². The van der Waals surface area contributed by atoms with Gasteiger partial charge in [-0.1, -0.05) is 18.2 Å². The van der Waals surface area contributed by atoms with Gasteiger partial charge < -0.3 is 15.2 Å². The van der Waals surface area contributed by atoms with Gasteiger partial charge in [0.2, 0.25) is 0 Å². The van der Waals surface area contributed by atoms with Crippen molar-refractivity contribution in [1.29, 1.82) is 0 Å². The van der Waals surface area contributed by atoms with Crippen molar-refractivity contribution in [2.24, 2.45) is 0 Å². The van der Waals surface area contributed by atoms with E-state index in [1.807, 2.05) is 18.2 Å². The molecule has 0 aromatic heterocycles. The summed E-state index contributed by atoms with van der Waals surface area (Å²) in [5.41, 5.74) is 6.46. The lowest BCUT2D eigenvalue weighted by atomic mass is 10.1. The monoisotopic (exact) mass is 321 g/mol. The van der Waals surface area contributed by atoms with Gasteiger partial charge in [0.25, 0.3) is 0 Å².